The predicted molar refractivity (Wildman–Crippen MR) is 79.2 cm³/mol. The van der Waals surface area contributed by atoms with Crippen LogP contribution < -0.4 is 5.73 Å². The minimum absolute atomic E-state index is 0.0954. The largest absolute Gasteiger partial charge is 0.378 e. The SMILES string of the molecule is CCc1ccc(C(N)CN2CCOCC2CC)cc1. The molecule has 2 atom stereocenters. The van der Waals surface area contributed by atoms with Gasteiger partial charge in [0.25, 0.3) is 0 Å². The summed E-state index contributed by atoms with van der Waals surface area (Å²) in [7, 11) is 0. The van der Waals surface area contributed by atoms with Crippen molar-refractivity contribution in [3.8, 4) is 0 Å². The highest BCUT2D eigenvalue weighted by Crippen LogP contribution is 2.17. The minimum Gasteiger partial charge on any atom is -0.378 e. The van der Waals surface area contributed by atoms with Crippen LogP contribution in [0.3, 0.4) is 0 Å². The second kappa shape index (κ2) is 7.04. The van der Waals surface area contributed by atoms with Gasteiger partial charge in [0.15, 0.2) is 0 Å². The Kier molecular flexibility index (Phi) is 5.37. The van der Waals surface area contributed by atoms with Gasteiger partial charge < -0.3 is 10.5 Å². The zero-order valence-corrected chi connectivity index (χ0v) is 12.1. The van der Waals surface area contributed by atoms with E-state index in [9.17, 15) is 0 Å². The van der Waals surface area contributed by atoms with Crippen molar-refractivity contribution in [3.63, 3.8) is 0 Å². The molecule has 3 heteroatoms. The van der Waals surface area contributed by atoms with Gasteiger partial charge in [0.1, 0.15) is 0 Å². The van der Waals surface area contributed by atoms with Crippen molar-refractivity contribution in [1.29, 1.82) is 0 Å². The third-order valence-corrected chi connectivity index (χ3v) is 4.07. The summed E-state index contributed by atoms with van der Waals surface area (Å²) in [5, 5.41) is 0. The van der Waals surface area contributed by atoms with Crippen molar-refractivity contribution in [3.05, 3.63) is 35.4 Å². The average molecular weight is 262 g/mol. The molecule has 0 saturated carbocycles. The Hall–Kier alpha value is -0.900. The summed E-state index contributed by atoms with van der Waals surface area (Å²) in [5.74, 6) is 0. The van der Waals surface area contributed by atoms with E-state index in [4.69, 9.17) is 10.5 Å². The summed E-state index contributed by atoms with van der Waals surface area (Å²) in [6.45, 7) is 7.99. The normalized spacial score (nSPS) is 22.4. The van der Waals surface area contributed by atoms with E-state index < -0.39 is 0 Å². The number of benzene rings is 1. The number of hydrogen-bond acceptors (Lipinski definition) is 3. The third-order valence-electron chi connectivity index (χ3n) is 4.07. The van der Waals surface area contributed by atoms with Crippen molar-refractivity contribution in [2.45, 2.75) is 38.8 Å². The summed E-state index contributed by atoms with van der Waals surface area (Å²) < 4.78 is 5.54. The maximum absolute atomic E-state index is 6.35. The minimum atomic E-state index is 0.0954. The van der Waals surface area contributed by atoms with E-state index in [0.29, 0.717) is 6.04 Å². The number of hydrogen-bond donors (Lipinski definition) is 1. The zero-order valence-electron chi connectivity index (χ0n) is 12.1. The summed E-state index contributed by atoms with van der Waals surface area (Å²) in [6, 6.07) is 9.33. The van der Waals surface area contributed by atoms with Gasteiger partial charge in [-0.05, 0) is 24.0 Å². The van der Waals surface area contributed by atoms with Crippen molar-refractivity contribution < 1.29 is 4.74 Å². The van der Waals surface area contributed by atoms with Gasteiger partial charge in [-0.3, -0.25) is 4.90 Å². The molecule has 0 aromatic heterocycles. The number of morpholine rings is 1. The smallest absolute Gasteiger partial charge is 0.0622 e. The molecule has 1 aliphatic heterocycles. The molecule has 0 spiro atoms. The first-order valence-corrected chi connectivity index (χ1v) is 7.40. The highest BCUT2D eigenvalue weighted by atomic mass is 16.5. The molecule has 2 unspecified atom stereocenters. The van der Waals surface area contributed by atoms with Crippen LogP contribution in [0.5, 0.6) is 0 Å². The first-order chi connectivity index (χ1) is 9.24. The van der Waals surface area contributed by atoms with E-state index in [0.717, 1.165) is 39.1 Å². The van der Waals surface area contributed by atoms with Crippen LogP contribution in [-0.2, 0) is 11.2 Å². The summed E-state index contributed by atoms with van der Waals surface area (Å²) in [4.78, 5) is 2.47. The van der Waals surface area contributed by atoms with Gasteiger partial charge >= 0.3 is 0 Å². The topological polar surface area (TPSA) is 38.5 Å². The van der Waals surface area contributed by atoms with Crippen LogP contribution in [0.15, 0.2) is 24.3 Å². The van der Waals surface area contributed by atoms with Crippen LogP contribution in [0.25, 0.3) is 0 Å². The molecule has 1 aromatic rings. The number of rotatable bonds is 5. The molecule has 1 heterocycles. The highest BCUT2D eigenvalue weighted by Gasteiger charge is 2.23. The van der Waals surface area contributed by atoms with Crippen molar-refractivity contribution in [1.82, 2.24) is 4.90 Å². The third kappa shape index (κ3) is 3.78. The van der Waals surface area contributed by atoms with Crippen molar-refractivity contribution >= 4 is 0 Å². The summed E-state index contributed by atoms with van der Waals surface area (Å²) >= 11 is 0. The molecule has 0 amide bonds. The van der Waals surface area contributed by atoms with E-state index in [2.05, 4.69) is 43.0 Å². The second-order valence-corrected chi connectivity index (χ2v) is 5.33. The average Bonchev–Trinajstić information content (AvgIpc) is 2.48. The maximum Gasteiger partial charge on any atom is 0.0622 e. The number of ether oxygens (including phenoxy) is 1. The molecule has 19 heavy (non-hydrogen) atoms. The Morgan fingerprint density at radius 1 is 1.32 bits per heavy atom. The van der Waals surface area contributed by atoms with E-state index in [1.54, 1.807) is 0 Å². The number of nitrogens with zero attached hydrogens (tertiary/aromatic N) is 1. The van der Waals surface area contributed by atoms with Gasteiger partial charge in [0.2, 0.25) is 0 Å². The molecular weight excluding hydrogens is 236 g/mol. The Morgan fingerprint density at radius 2 is 2.05 bits per heavy atom. The summed E-state index contributed by atoms with van der Waals surface area (Å²) in [6.07, 6.45) is 2.21. The first kappa shape index (κ1) is 14.5. The molecule has 0 aliphatic carbocycles. The highest BCUT2D eigenvalue weighted by molar-refractivity contribution is 5.25. The molecule has 2 N–H and O–H groups in total. The van der Waals surface area contributed by atoms with E-state index in [1.165, 1.54) is 11.1 Å². The van der Waals surface area contributed by atoms with Crippen LogP contribution in [0.4, 0.5) is 0 Å². The first-order valence-electron chi connectivity index (χ1n) is 7.40. The van der Waals surface area contributed by atoms with E-state index in [1.807, 2.05) is 0 Å². The maximum atomic E-state index is 6.35. The van der Waals surface area contributed by atoms with Gasteiger partial charge in [0.05, 0.1) is 13.2 Å². The van der Waals surface area contributed by atoms with Gasteiger partial charge in [0, 0.05) is 25.2 Å². The van der Waals surface area contributed by atoms with Crippen LogP contribution in [0.1, 0.15) is 37.4 Å². The Bertz CT molecular complexity index is 377. The molecule has 1 aromatic carbocycles. The molecular formula is C16H26N2O. The van der Waals surface area contributed by atoms with E-state index >= 15 is 0 Å². The van der Waals surface area contributed by atoms with Gasteiger partial charge in [-0.15, -0.1) is 0 Å². The molecule has 1 fully saturated rings. The lowest BCUT2D eigenvalue weighted by Crippen LogP contribution is -2.47. The molecule has 2 rings (SSSR count). The van der Waals surface area contributed by atoms with Crippen molar-refractivity contribution in [2.24, 2.45) is 5.73 Å². The monoisotopic (exact) mass is 262 g/mol. The number of aryl methyl sites for hydroxylation is 1. The molecule has 1 aliphatic rings. The molecule has 0 radical (unpaired) electrons. The number of nitrogens with two attached hydrogens (primary N) is 1. The molecule has 0 bridgehead atoms. The van der Waals surface area contributed by atoms with Crippen LogP contribution >= 0.6 is 0 Å². The fourth-order valence-electron chi connectivity index (χ4n) is 2.66. The standard InChI is InChI=1S/C16H26N2O/c1-3-13-5-7-14(8-6-13)16(17)11-18-9-10-19-12-15(18)4-2/h5-8,15-16H,3-4,9-12,17H2,1-2H3. The van der Waals surface area contributed by atoms with Gasteiger partial charge in [-0.25, -0.2) is 0 Å². The summed E-state index contributed by atoms with van der Waals surface area (Å²) in [5.41, 5.74) is 8.96. The van der Waals surface area contributed by atoms with Crippen LogP contribution in [0.2, 0.25) is 0 Å². The Morgan fingerprint density at radius 3 is 2.68 bits per heavy atom. The Balaban J connectivity index is 1.96. The van der Waals surface area contributed by atoms with Crippen molar-refractivity contribution in [2.75, 3.05) is 26.3 Å². The lowest BCUT2D eigenvalue weighted by molar-refractivity contribution is -0.0110. The quantitative estimate of drug-likeness (QED) is 0.885. The fraction of sp³-hybridized carbons (Fsp3) is 0.625. The predicted octanol–water partition coefficient (Wildman–Crippen LogP) is 2.36. The fourth-order valence-corrected chi connectivity index (χ4v) is 2.66. The Labute approximate surface area is 116 Å². The lowest BCUT2D eigenvalue weighted by atomic mass is 10.0. The van der Waals surface area contributed by atoms with Crippen LogP contribution in [-0.4, -0.2) is 37.2 Å². The van der Waals surface area contributed by atoms with E-state index in [-0.39, 0.29) is 6.04 Å². The molecule has 3 nitrogen and oxygen atoms in total. The molecule has 106 valence electrons. The second-order valence-electron chi connectivity index (χ2n) is 5.33. The van der Waals surface area contributed by atoms with Crippen LogP contribution in [0, 0.1) is 0 Å². The van der Waals surface area contributed by atoms with Gasteiger partial charge in [-0.2, -0.15) is 0 Å². The lowest BCUT2D eigenvalue weighted by Gasteiger charge is -2.36. The van der Waals surface area contributed by atoms with Gasteiger partial charge in [-0.1, -0.05) is 38.1 Å². The zero-order chi connectivity index (χ0) is 13.7. The molecule has 1 saturated heterocycles.